The molecule has 0 aromatic heterocycles. The lowest BCUT2D eigenvalue weighted by Crippen LogP contribution is -2.25. The van der Waals surface area contributed by atoms with Gasteiger partial charge in [0.15, 0.2) is 0 Å². The summed E-state index contributed by atoms with van der Waals surface area (Å²) in [6.45, 7) is 1.38. The van der Waals surface area contributed by atoms with Gasteiger partial charge in [-0.3, -0.25) is 0 Å². The van der Waals surface area contributed by atoms with Gasteiger partial charge in [-0.2, -0.15) is 0 Å². The van der Waals surface area contributed by atoms with Crippen LogP contribution in [0.4, 0.5) is 0 Å². The molecule has 2 N–H and O–H groups in total. The predicted octanol–water partition coefficient (Wildman–Crippen LogP) is 2.98. The standard InChI is InChI=1S/C14H21NOS/c16-10-5-1-4-9-15-13-8-11-17-14-7-3-2-6-12(13)14/h2-3,6-7,13,15-16H,1,4-5,8-11H2. The fourth-order valence-corrected chi connectivity index (χ4v) is 3.37. The van der Waals surface area contributed by atoms with Gasteiger partial charge in [0.05, 0.1) is 0 Å². The first-order valence-electron chi connectivity index (χ1n) is 6.48. The number of hydrogen-bond acceptors (Lipinski definition) is 3. The Morgan fingerprint density at radius 2 is 2.12 bits per heavy atom. The van der Waals surface area contributed by atoms with Crippen molar-refractivity contribution in [3.63, 3.8) is 0 Å². The number of hydrogen-bond donors (Lipinski definition) is 2. The van der Waals surface area contributed by atoms with Crippen LogP contribution in [0, 0.1) is 0 Å². The van der Waals surface area contributed by atoms with Crippen LogP contribution >= 0.6 is 11.8 Å². The molecular weight excluding hydrogens is 230 g/mol. The maximum atomic E-state index is 8.72. The van der Waals surface area contributed by atoms with Crippen LogP contribution in [0.5, 0.6) is 0 Å². The second kappa shape index (κ2) is 7.04. The van der Waals surface area contributed by atoms with Crippen molar-refractivity contribution in [2.45, 2.75) is 36.6 Å². The van der Waals surface area contributed by atoms with Crippen LogP contribution in [0.2, 0.25) is 0 Å². The van der Waals surface area contributed by atoms with Gasteiger partial charge in [-0.05, 0) is 49.6 Å². The number of fused-ring (bicyclic) bond motifs is 1. The molecule has 1 atom stereocenters. The molecule has 1 unspecified atom stereocenters. The van der Waals surface area contributed by atoms with Gasteiger partial charge in [-0.1, -0.05) is 18.2 Å². The molecule has 2 nitrogen and oxygen atoms in total. The van der Waals surface area contributed by atoms with Crippen LogP contribution in [-0.4, -0.2) is 24.0 Å². The zero-order valence-corrected chi connectivity index (χ0v) is 11.0. The Hall–Kier alpha value is -0.510. The molecule has 17 heavy (non-hydrogen) atoms. The molecule has 0 saturated heterocycles. The predicted molar refractivity (Wildman–Crippen MR) is 73.5 cm³/mol. The van der Waals surface area contributed by atoms with Crippen LogP contribution in [0.3, 0.4) is 0 Å². The lowest BCUT2D eigenvalue weighted by Gasteiger charge is -2.26. The van der Waals surface area contributed by atoms with Crippen LogP contribution in [0.15, 0.2) is 29.2 Å². The first kappa shape index (κ1) is 12.9. The molecule has 0 fully saturated rings. The van der Waals surface area contributed by atoms with E-state index in [0.717, 1.165) is 25.8 Å². The van der Waals surface area contributed by atoms with Gasteiger partial charge < -0.3 is 10.4 Å². The third-order valence-corrected chi connectivity index (χ3v) is 4.31. The van der Waals surface area contributed by atoms with E-state index in [1.165, 1.54) is 22.6 Å². The number of aliphatic hydroxyl groups is 1. The van der Waals surface area contributed by atoms with Crippen LogP contribution in [-0.2, 0) is 0 Å². The molecule has 0 radical (unpaired) electrons. The SMILES string of the molecule is OCCCCCNC1CCSc2ccccc21. The summed E-state index contributed by atoms with van der Waals surface area (Å²) >= 11 is 1.97. The van der Waals surface area contributed by atoms with E-state index in [0.29, 0.717) is 12.6 Å². The highest BCUT2D eigenvalue weighted by molar-refractivity contribution is 7.99. The first-order chi connectivity index (χ1) is 8.42. The average Bonchev–Trinajstić information content (AvgIpc) is 2.39. The van der Waals surface area contributed by atoms with Gasteiger partial charge in [-0.15, -0.1) is 11.8 Å². The Kier molecular flexibility index (Phi) is 5.36. The van der Waals surface area contributed by atoms with Crippen molar-refractivity contribution in [1.82, 2.24) is 5.32 Å². The van der Waals surface area contributed by atoms with E-state index in [4.69, 9.17) is 5.11 Å². The van der Waals surface area contributed by atoms with Gasteiger partial charge in [-0.25, -0.2) is 0 Å². The van der Waals surface area contributed by atoms with Gasteiger partial charge in [0.25, 0.3) is 0 Å². The molecule has 0 spiro atoms. The molecule has 0 aliphatic carbocycles. The molecule has 1 aliphatic rings. The average molecular weight is 251 g/mol. The van der Waals surface area contributed by atoms with Crippen molar-refractivity contribution in [3.05, 3.63) is 29.8 Å². The summed E-state index contributed by atoms with van der Waals surface area (Å²) in [6.07, 6.45) is 4.43. The van der Waals surface area contributed by atoms with Crippen molar-refractivity contribution >= 4 is 11.8 Å². The Balaban J connectivity index is 1.82. The smallest absolute Gasteiger partial charge is 0.0431 e. The Morgan fingerprint density at radius 1 is 1.24 bits per heavy atom. The second-order valence-electron chi connectivity index (χ2n) is 4.47. The fraction of sp³-hybridized carbons (Fsp3) is 0.571. The van der Waals surface area contributed by atoms with Crippen molar-refractivity contribution in [2.75, 3.05) is 18.9 Å². The molecule has 3 heteroatoms. The summed E-state index contributed by atoms with van der Waals surface area (Å²) in [6, 6.07) is 9.24. The molecule has 2 rings (SSSR count). The van der Waals surface area contributed by atoms with Gasteiger partial charge >= 0.3 is 0 Å². The molecule has 1 aromatic carbocycles. The number of thioether (sulfide) groups is 1. The minimum Gasteiger partial charge on any atom is -0.396 e. The number of rotatable bonds is 6. The number of nitrogens with one attached hydrogen (secondary N) is 1. The Labute approximate surface area is 108 Å². The summed E-state index contributed by atoms with van der Waals surface area (Å²) in [4.78, 5) is 1.44. The zero-order chi connectivity index (χ0) is 11.9. The first-order valence-corrected chi connectivity index (χ1v) is 7.46. The van der Waals surface area contributed by atoms with E-state index in [1.807, 2.05) is 11.8 Å². The summed E-state index contributed by atoms with van der Waals surface area (Å²) < 4.78 is 0. The molecule has 0 bridgehead atoms. The van der Waals surface area contributed by atoms with E-state index in [2.05, 4.69) is 29.6 Å². The molecule has 1 aromatic rings. The van der Waals surface area contributed by atoms with E-state index in [1.54, 1.807) is 0 Å². The molecule has 0 amide bonds. The summed E-state index contributed by atoms with van der Waals surface area (Å²) in [5.41, 5.74) is 1.46. The maximum Gasteiger partial charge on any atom is 0.0431 e. The molecule has 1 heterocycles. The second-order valence-corrected chi connectivity index (χ2v) is 5.60. The highest BCUT2D eigenvalue weighted by atomic mass is 32.2. The highest BCUT2D eigenvalue weighted by Gasteiger charge is 2.18. The minimum atomic E-state index is 0.322. The van der Waals surface area contributed by atoms with E-state index in [9.17, 15) is 0 Å². The Morgan fingerprint density at radius 3 is 3.00 bits per heavy atom. The normalized spacial score (nSPS) is 19.0. The van der Waals surface area contributed by atoms with E-state index < -0.39 is 0 Å². The molecule has 94 valence electrons. The quantitative estimate of drug-likeness (QED) is 0.762. The van der Waals surface area contributed by atoms with Crippen molar-refractivity contribution in [3.8, 4) is 0 Å². The summed E-state index contributed by atoms with van der Waals surface area (Å²) in [7, 11) is 0. The van der Waals surface area contributed by atoms with E-state index in [-0.39, 0.29) is 0 Å². The molecule has 1 aliphatic heterocycles. The topological polar surface area (TPSA) is 32.3 Å². The zero-order valence-electron chi connectivity index (χ0n) is 10.2. The maximum absolute atomic E-state index is 8.72. The van der Waals surface area contributed by atoms with Crippen LogP contribution in [0.1, 0.15) is 37.3 Å². The molecule has 0 saturated carbocycles. The Bertz CT molecular complexity index is 343. The van der Waals surface area contributed by atoms with E-state index >= 15 is 0 Å². The van der Waals surface area contributed by atoms with Gasteiger partial charge in [0.1, 0.15) is 0 Å². The monoisotopic (exact) mass is 251 g/mol. The minimum absolute atomic E-state index is 0.322. The van der Waals surface area contributed by atoms with Crippen molar-refractivity contribution in [2.24, 2.45) is 0 Å². The highest BCUT2D eigenvalue weighted by Crippen LogP contribution is 2.35. The van der Waals surface area contributed by atoms with Crippen LogP contribution in [0.25, 0.3) is 0 Å². The largest absolute Gasteiger partial charge is 0.396 e. The van der Waals surface area contributed by atoms with Crippen molar-refractivity contribution in [1.29, 1.82) is 0 Å². The third-order valence-electron chi connectivity index (χ3n) is 3.18. The number of benzene rings is 1. The third kappa shape index (κ3) is 3.73. The number of unbranched alkanes of at least 4 members (excludes halogenated alkanes) is 2. The summed E-state index contributed by atoms with van der Waals surface area (Å²) in [5.74, 6) is 1.21. The fourth-order valence-electron chi connectivity index (χ4n) is 2.24. The van der Waals surface area contributed by atoms with Crippen molar-refractivity contribution < 1.29 is 5.11 Å². The molecular formula is C14H21NOS. The lowest BCUT2D eigenvalue weighted by molar-refractivity contribution is 0.282. The van der Waals surface area contributed by atoms with Gasteiger partial charge in [0.2, 0.25) is 0 Å². The number of aliphatic hydroxyl groups excluding tert-OH is 1. The van der Waals surface area contributed by atoms with Gasteiger partial charge in [0, 0.05) is 17.5 Å². The lowest BCUT2D eigenvalue weighted by atomic mass is 10.0. The summed E-state index contributed by atoms with van der Waals surface area (Å²) in [5, 5.41) is 12.4. The van der Waals surface area contributed by atoms with Crippen LogP contribution < -0.4 is 5.32 Å².